The molecule has 1 atom stereocenters. The summed E-state index contributed by atoms with van der Waals surface area (Å²) in [6, 6.07) is 5.85. The summed E-state index contributed by atoms with van der Waals surface area (Å²) in [5.41, 5.74) is 1.96. The number of hydrogen-bond acceptors (Lipinski definition) is 8. The topological polar surface area (TPSA) is 102 Å². The normalized spacial score (nSPS) is 17.0. The van der Waals surface area contributed by atoms with Gasteiger partial charge in [-0.2, -0.15) is 5.10 Å². The first-order valence-electron chi connectivity index (χ1n) is 9.23. The maximum absolute atomic E-state index is 12.6. The van der Waals surface area contributed by atoms with Crippen LogP contribution in [0.1, 0.15) is 29.2 Å². The predicted molar refractivity (Wildman–Crippen MR) is 107 cm³/mol. The summed E-state index contributed by atoms with van der Waals surface area (Å²) < 4.78 is 1.78. The Balaban J connectivity index is 1.44. The smallest absolute Gasteiger partial charge is 0.231 e. The standard InChI is InChI=1S/C18H22N8OS/c1-11-9-12(2)26(24-11)16-7-6-15(21-22-16)25-8-4-5-14(10-25)17(27)19-18-23-20-13(3)28-18/h6-7,9,14H,4-5,8,10H2,1-3H3,(H,19,23,27). The number of aromatic nitrogens is 6. The molecule has 1 aliphatic rings. The largest absolute Gasteiger partial charge is 0.354 e. The van der Waals surface area contributed by atoms with E-state index in [1.807, 2.05) is 39.0 Å². The number of aryl methyl sites for hydroxylation is 3. The van der Waals surface area contributed by atoms with Crippen LogP contribution < -0.4 is 10.2 Å². The predicted octanol–water partition coefficient (Wildman–Crippen LogP) is 2.29. The van der Waals surface area contributed by atoms with Crippen molar-refractivity contribution in [2.75, 3.05) is 23.3 Å². The van der Waals surface area contributed by atoms with E-state index in [9.17, 15) is 4.79 Å². The fourth-order valence-electron chi connectivity index (χ4n) is 3.41. The molecule has 4 heterocycles. The van der Waals surface area contributed by atoms with Crippen LogP contribution in [0, 0.1) is 26.7 Å². The third kappa shape index (κ3) is 3.86. The maximum atomic E-state index is 12.6. The van der Waals surface area contributed by atoms with Gasteiger partial charge in [-0.25, -0.2) is 4.68 Å². The number of piperidine rings is 1. The number of nitrogens with zero attached hydrogens (tertiary/aromatic N) is 7. The van der Waals surface area contributed by atoms with Crippen LogP contribution >= 0.6 is 11.3 Å². The van der Waals surface area contributed by atoms with Gasteiger partial charge in [-0.15, -0.1) is 20.4 Å². The van der Waals surface area contributed by atoms with Gasteiger partial charge in [0.1, 0.15) is 5.01 Å². The molecular formula is C18H22N8OS. The molecule has 28 heavy (non-hydrogen) atoms. The van der Waals surface area contributed by atoms with E-state index in [0.29, 0.717) is 17.5 Å². The molecule has 0 aliphatic carbocycles. The molecule has 3 aromatic rings. The minimum Gasteiger partial charge on any atom is -0.354 e. The van der Waals surface area contributed by atoms with Gasteiger partial charge in [-0.3, -0.25) is 4.79 Å². The minimum absolute atomic E-state index is 0.0203. The monoisotopic (exact) mass is 398 g/mol. The molecule has 0 radical (unpaired) electrons. The van der Waals surface area contributed by atoms with E-state index in [1.54, 1.807) is 4.68 Å². The third-order valence-corrected chi connectivity index (χ3v) is 5.49. The van der Waals surface area contributed by atoms with Gasteiger partial charge in [0.05, 0.1) is 11.6 Å². The zero-order chi connectivity index (χ0) is 19.7. The van der Waals surface area contributed by atoms with Gasteiger partial charge >= 0.3 is 0 Å². The van der Waals surface area contributed by atoms with E-state index in [1.165, 1.54) is 11.3 Å². The number of nitrogens with one attached hydrogen (secondary N) is 1. The quantitative estimate of drug-likeness (QED) is 0.719. The van der Waals surface area contributed by atoms with Crippen molar-refractivity contribution in [2.24, 2.45) is 5.92 Å². The molecule has 4 rings (SSSR count). The third-order valence-electron chi connectivity index (χ3n) is 4.74. The van der Waals surface area contributed by atoms with Crippen LogP contribution in [0.3, 0.4) is 0 Å². The Hall–Kier alpha value is -2.88. The Bertz CT molecular complexity index is 980. The van der Waals surface area contributed by atoms with Crippen molar-refractivity contribution in [2.45, 2.75) is 33.6 Å². The van der Waals surface area contributed by atoms with Gasteiger partial charge in [-0.1, -0.05) is 11.3 Å². The molecule has 1 N–H and O–H groups in total. The Kier molecular flexibility index (Phi) is 5.03. The average Bonchev–Trinajstić information content (AvgIpc) is 3.26. The molecule has 0 saturated carbocycles. The van der Waals surface area contributed by atoms with Crippen molar-refractivity contribution in [1.29, 1.82) is 0 Å². The van der Waals surface area contributed by atoms with E-state index in [0.717, 1.165) is 41.6 Å². The zero-order valence-electron chi connectivity index (χ0n) is 16.1. The van der Waals surface area contributed by atoms with Crippen molar-refractivity contribution in [3.8, 4) is 5.82 Å². The Labute approximate surface area is 166 Å². The molecule has 1 aliphatic heterocycles. The molecule has 0 spiro atoms. The number of hydrogen-bond donors (Lipinski definition) is 1. The molecule has 1 saturated heterocycles. The fourth-order valence-corrected chi connectivity index (χ4v) is 4.01. The number of amides is 1. The summed E-state index contributed by atoms with van der Waals surface area (Å²) in [5, 5.41) is 25.3. The van der Waals surface area contributed by atoms with Crippen LogP contribution in [-0.2, 0) is 4.79 Å². The molecule has 1 amide bonds. The highest BCUT2D eigenvalue weighted by Crippen LogP contribution is 2.24. The number of rotatable bonds is 4. The van der Waals surface area contributed by atoms with Crippen molar-refractivity contribution in [1.82, 2.24) is 30.2 Å². The Morgan fingerprint density at radius 3 is 2.57 bits per heavy atom. The first-order valence-corrected chi connectivity index (χ1v) is 10.0. The van der Waals surface area contributed by atoms with Gasteiger partial charge in [0.25, 0.3) is 0 Å². The van der Waals surface area contributed by atoms with Crippen LogP contribution in [0.15, 0.2) is 18.2 Å². The first-order chi connectivity index (χ1) is 13.5. The Morgan fingerprint density at radius 1 is 1.14 bits per heavy atom. The second kappa shape index (κ2) is 7.63. The van der Waals surface area contributed by atoms with E-state index in [-0.39, 0.29) is 11.8 Å². The molecule has 3 aromatic heterocycles. The number of anilines is 2. The molecular weight excluding hydrogens is 376 g/mol. The number of carbonyl (C=O) groups is 1. The SMILES string of the molecule is Cc1cc(C)n(-c2ccc(N3CCCC(C(=O)Nc4nnc(C)s4)C3)nn2)n1. The van der Waals surface area contributed by atoms with Gasteiger partial charge in [0.2, 0.25) is 11.0 Å². The summed E-state index contributed by atoms with van der Waals surface area (Å²) in [6.45, 7) is 7.27. The fraction of sp³-hybridized carbons (Fsp3) is 0.444. The molecule has 1 fully saturated rings. The summed E-state index contributed by atoms with van der Waals surface area (Å²) >= 11 is 1.38. The highest BCUT2D eigenvalue weighted by Gasteiger charge is 2.27. The lowest BCUT2D eigenvalue weighted by Gasteiger charge is -2.32. The van der Waals surface area contributed by atoms with Crippen LogP contribution in [0.5, 0.6) is 0 Å². The van der Waals surface area contributed by atoms with Crippen molar-refractivity contribution in [3.05, 3.63) is 34.6 Å². The van der Waals surface area contributed by atoms with Gasteiger partial charge < -0.3 is 10.2 Å². The number of carbonyl (C=O) groups excluding carboxylic acids is 1. The van der Waals surface area contributed by atoms with Crippen LogP contribution in [0.4, 0.5) is 10.9 Å². The van der Waals surface area contributed by atoms with E-state index in [4.69, 9.17) is 0 Å². The van der Waals surface area contributed by atoms with E-state index in [2.05, 4.69) is 35.7 Å². The van der Waals surface area contributed by atoms with Crippen LogP contribution in [0.25, 0.3) is 5.82 Å². The summed E-state index contributed by atoms with van der Waals surface area (Å²) in [5.74, 6) is 1.32. The Morgan fingerprint density at radius 2 is 1.93 bits per heavy atom. The van der Waals surface area contributed by atoms with Crippen molar-refractivity contribution >= 4 is 28.2 Å². The summed E-state index contributed by atoms with van der Waals surface area (Å²) in [4.78, 5) is 14.7. The maximum Gasteiger partial charge on any atom is 0.231 e. The summed E-state index contributed by atoms with van der Waals surface area (Å²) in [7, 11) is 0. The minimum atomic E-state index is -0.115. The molecule has 1 unspecified atom stereocenters. The average molecular weight is 398 g/mol. The lowest BCUT2D eigenvalue weighted by molar-refractivity contribution is -0.120. The lowest BCUT2D eigenvalue weighted by atomic mass is 9.97. The van der Waals surface area contributed by atoms with E-state index < -0.39 is 0 Å². The summed E-state index contributed by atoms with van der Waals surface area (Å²) in [6.07, 6.45) is 1.77. The molecule has 10 heteroatoms. The molecule has 0 bridgehead atoms. The highest BCUT2D eigenvalue weighted by molar-refractivity contribution is 7.15. The van der Waals surface area contributed by atoms with Crippen molar-refractivity contribution in [3.63, 3.8) is 0 Å². The van der Waals surface area contributed by atoms with E-state index >= 15 is 0 Å². The molecule has 146 valence electrons. The van der Waals surface area contributed by atoms with Gasteiger partial charge in [0.15, 0.2) is 11.6 Å². The molecule has 9 nitrogen and oxygen atoms in total. The second-order valence-corrected chi connectivity index (χ2v) is 8.17. The van der Waals surface area contributed by atoms with Crippen LogP contribution in [-0.4, -0.2) is 49.2 Å². The van der Waals surface area contributed by atoms with Crippen molar-refractivity contribution < 1.29 is 4.79 Å². The van der Waals surface area contributed by atoms with Gasteiger partial charge in [0, 0.05) is 18.8 Å². The lowest BCUT2D eigenvalue weighted by Crippen LogP contribution is -2.41. The van der Waals surface area contributed by atoms with Crippen LogP contribution in [0.2, 0.25) is 0 Å². The highest BCUT2D eigenvalue weighted by atomic mass is 32.1. The van der Waals surface area contributed by atoms with Gasteiger partial charge in [-0.05, 0) is 51.8 Å². The zero-order valence-corrected chi connectivity index (χ0v) is 16.9. The molecule has 0 aromatic carbocycles. The second-order valence-electron chi connectivity index (χ2n) is 6.99. The first kappa shape index (κ1) is 18.5.